The topological polar surface area (TPSA) is 168 Å². The number of anilines is 3. The van der Waals surface area contributed by atoms with Crippen LogP contribution in [0.25, 0.3) is 0 Å². The zero-order valence-electron chi connectivity index (χ0n) is 17.8. The van der Waals surface area contributed by atoms with Crippen LogP contribution in [-0.4, -0.2) is 40.9 Å². The van der Waals surface area contributed by atoms with E-state index >= 15 is 0 Å². The number of primary amides is 1. The highest BCUT2D eigenvalue weighted by molar-refractivity contribution is 5.98. The Morgan fingerprint density at radius 2 is 1.94 bits per heavy atom. The van der Waals surface area contributed by atoms with Gasteiger partial charge in [-0.2, -0.15) is 4.98 Å². The maximum absolute atomic E-state index is 12.5. The maximum atomic E-state index is 12.5. The third-order valence-electron chi connectivity index (χ3n) is 5.58. The van der Waals surface area contributed by atoms with Crippen LogP contribution in [0.5, 0.6) is 0 Å². The lowest BCUT2D eigenvalue weighted by molar-refractivity contribution is 0.0960. The summed E-state index contributed by atoms with van der Waals surface area (Å²) in [6.07, 6.45) is 5.10. The normalized spacial score (nSPS) is 15.2. The molecule has 0 spiro atoms. The number of nitrogens with one attached hydrogen (secondary N) is 4. The van der Waals surface area contributed by atoms with E-state index in [-0.39, 0.29) is 28.8 Å². The number of carbonyl (C=O) groups is 2. The average Bonchev–Trinajstić information content (AvgIpc) is 2.72. The molecule has 10 heteroatoms. The first-order valence-electron chi connectivity index (χ1n) is 10.3. The van der Waals surface area contributed by atoms with Crippen molar-refractivity contribution in [3.8, 4) is 0 Å². The van der Waals surface area contributed by atoms with Gasteiger partial charge in [-0.3, -0.25) is 19.4 Å². The number of nitrogens with zero attached hydrogens (tertiary/aromatic N) is 1. The second kappa shape index (κ2) is 9.17. The smallest absolute Gasteiger partial charge is 0.267 e. The molecular formula is C21H29N7O3. The van der Waals surface area contributed by atoms with Crippen molar-refractivity contribution in [2.24, 2.45) is 11.5 Å². The number of rotatable bonds is 7. The summed E-state index contributed by atoms with van der Waals surface area (Å²) in [5.41, 5.74) is 12.4. The Labute approximate surface area is 180 Å². The maximum Gasteiger partial charge on any atom is 0.267 e. The van der Waals surface area contributed by atoms with Crippen LogP contribution in [0.15, 0.2) is 23.0 Å². The van der Waals surface area contributed by atoms with E-state index in [1.54, 1.807) is 32.2 Å². The van der Waals surface area contributed by atoms with Gasteiger partial charge in [0.1, 0.15) is 5.56 Å². The lowest BCUT2D eigenvalue weighted by Crippen LogP contribution is -2.48. The first-order chi connectivity index (χ1) is 14.7. The molecule has 166 valence electrons. The van der Waals surface area contributed by atoms with E-state index in [4.69, 9.17) is 11.5 Å². The van der Waals surface area contributed by atoms with Crippen LogP contribution in [-0.2, 0) is 0 Å². The number of H-pyrrole nitrogens is 1. The minimum Gasteiger partial charge on any atom is -0.365 e. The van der Waals surface area contributed by atoms with Gasteiger partial charge in [0, 0.05) is 30.4 Å². The van der Waals surface area contributed by atoms with Crippen molar-refractivity contribution in [1.82, 2.24) is 15.3 Å². The Morgan fingerprint density at radius 1 is 1.23 bits per heavy atom. The molecule has 2 aromatic rings. The largest absolute Gasteiger partial charge is 0.365 e. The number of hydrogen-bond acceptors (Lipinski definition) is 7. The van der Waals surface area contributed by atoms with Crippen LogP contribution in [0.2, 0.25) is 0 Å². The van der Waals surface area contributed by atoms with E-state index < -0.39 is 11.5 Å². The van der Waals surface area contributed by atoms with Gasteiger partial charge in [-0.05, 0) is 43.5 Å². The van der Waals surface area contributed by atoms with Crippen molar-refractivity contribution in [3.63, 3.8) is 0 Å². The summed E-state index contributed by atoms with van der Waals surface area (Å²) in [5.74, 6) is -0.877. The fourth-order valence-corrected chi connectivity index (χ4v) is 3.84. The number of benzene rings is 1. The van der Waals surface area contributed by atoms with Gasteiger partial charge in [0.25, 0.3) is 17.4 Å². The van der Waals surface area contributed by atoms with Crippen molar-refractivity contribution in [1.29, 1.82) is 0 Å². The molecule has 1 aromatic carbocycles. The first kappa shape index (κ1) is 22.3. The number of hydrogen-bond donors (Lipinski definition) is 6. The predicted molar refractivity (Wildman–Crippen MR) is 120 cm³/mol. The fraction of sp³-hybridized carbons (Fsp3) is 0.429. The monoisotopic (exact) mass is 427 g/mol. The number of aromatic amines is 1. The van der Waals surface area contributed by atoms with Gasteiger partial charge in [0.05, 0.1) is 0 Å². The number of aryl methyl sites for hydroxylation is 1. The van der Waals surface area contributed by atoms with Gasteiger partial charge in [-0.1, -0.05) is 19.3 Å². The van der Waals surface area contributed by atoms with E-state index in [2.05, 4.69) is 25.9 Å². The molecule has 1 saturated carbocycles. The van der Waals surface area contributed by atoms with Crippen molar-refractivity contribution in [3.05, 3.63) is 45.2 Å². The summed E-state index contributed by atoms with van der Waals surface area (Å²) in [6.45, 7) is 2.24. The molecule has 0 atom stereocenters. The standard InChI is InChI=1S/C21H29N7O3/c1-12-10-13(6-7-14(12)18(30)24-2)26-17-15(16(22)29)19(31)28-20(27-17)25-11-21(23)8-4-3-5-9-21/h6-7,10H,3-5,8-9,11,23H2,1-2H3,(H2,22,29)(H,24,30)(H3,25,26,27,28,31). The van der Waals surface area contributed by atoms with Gasteiger partial charge in [0.15, 0.2) is 5.82 Å². The summed E-state index contributed by atoms with van der Waals surface area (Å²) in [6, 6.07) is 5.03. The average molecular weight is 428 g/mol. The minimum absolute atomic E-state index is 0.0283. The molecule has 31 heavy (non-hydrogen) atoms. The molecule has 8 N–H and O–H groups in total. The highest BCUT2D eigenvalue weighted by Crippen LogP contribution is 2.26. The van der Waals surface area contributed by atoms with E-state index in [9.17, 15) is 14.4 Å². The van der Waals surface area contributed by atoms with Crippen molar-refractivity contribution in [2.45, 2.75) is 44.6 Å². The Kier molecular flexibility index (Phi) is 6.59. The van der Waals surface area contributed by atoms with Gasteiger partial charge in [0.2, 0.25) is 5.95 Å². The van der Waals surface area contributed by atoms with Crippen molar-refractivity contribution in [2.75, 3.05) is 24.2 Å². The Morgan fingerprint density at radius 3 is 2.55 bits per heavy atom. The van der Waals surface area contributed by atoms with Gasteiger partial charge >= 0.3 is 0 Å². The number of aromatic nitrogens is 2. The lowest BCUT2D eigenvalue weighted by atomic mass is 9.82. The molecule has 0 unspecified atom stereocenters. The molecule has 1 fully saturated rings. The predicted octanol–water partition coefficient (Wildman–Crippen LogP) is 1.35. The third kappa shape index (κ3) is 5.21. The number of amides is 2. The van der Waals surface area contributed by atoms with Crippen LogP contribution in [0, 0.1) is 6.92 Å². The zero-order chi connectivity index (χ0) is 22.6. The summed E-state index contributed by atoms with van der Waals surface area (Å²) < 4.78 is 0. The summed E-state index contributed by atoms with van der Waals surface area (Å²) >= 11 is 0. The molecule has 1 aliphatic carbocycles. The molecule has 0 saturated heterocycles. The lowest BCUT2D eigenvalue weighted by Gasteiger charge is -2.33. The van der Waals surface area contributed by atoms with Crippen LogP contribution in [0.4, 0.5) is 17.5 Å². The molecule has 10 nitrogen and oxygen atoms in total. The van der Waals surface area contributed by atoms with E-state index in [0.29, 0.717) is 17.8 Å². The molecule has 0 radical (unpaired) electrons. The van der Waals surface area contributed by atoms with Crippen LogP contribution >= 0.6 is 0 Å². The molecule has 1 aliphatic rings. The summed E-state index contributed by atoms with van der Waals surface area (Å²) in [7, 11) is 1.56. The van der Waals surface area contributed by atoms with Crippen molar-refractivity contribution < 1.29 is 9.59 Å². The fourth-order valence-electron chi connectivity index (χ4n) is 3.84. The minimum atomic E-state index is -0.899. The van der Waals surface area contributed by atoms with Crippen molar-refractivity contribution >= 4 is 29.3 Å². The molecular weight excluding hydrogens is 398 g/mol. The Hall–Kier alpha value is -3.40. The molecule has 3 rings (SSSR count). The third-order valence-corrected chi connectivity index (χ3v) is 5.58. The molecule has 0 aliphatic heterocycles. The second-order valence-electron chi connectivity index (χ2n) is 8.01. The summed E-state index contributed by atoms with van der Waals surface area (Å²) in [4.78, 5) is 43.2. The summed E-state index contributed by atoms with van der Waals surface area (Å²) in [5, 5.41) is 8.64. The second-order valence-corrected chi connectivity index (χ2v) is 8.01. The van der Waals surface area contributed by atoms with Gasteiger partial charge in [-0.15, -0.1) is 0 Å². The molecule has 2 amide bonds. The van der Waals surface area contributed by atoms with Gasteiger partial charge < -0.3 is 27.4 Å². The van der Waals surface area contributed by atoms with E-state index in [1.807, 2.05) is 0 Å². The van der Waals surface area contributed by atoms with E-state index in [1.165, 1.54) is 6.42 Å². The molecule has 0 bridgehead atoms. The molecule has 1 aromatic heterocycles. The van der Waals surface area contributed by atoms with Crippen LogP contribution < -0.4 is 33.0 Å². The van der Waals surface area contributed by atoms with E-state index in [0.717, 1.165) is 31.2 Å². The number of carbonyl (C=O) groups excluding carboxylic acids is 2. The van der Waals surface area contributed by atoms with Crippen LogP contribution in [0.3, 0.4) is 0 Å². The molecule has 1 heterocycles. The van der Waals surface area contributed by atoms with Gasteiger partial charge in [-0.25, -0.2) is 0 Å². The Balaban J connectivity index is 1.87. The Bertz CT molecular complexity index is 1040. The van der Waals surface area contributed by atoms with Crippen LogP contribution in [0.1, 0.15) is 58.4 Å². The highest BCUT2D eigenvalue weighted by atomic mass is 16.2. The highest BCUT2D eigenvalue weighted by Gasteiger charge is 2.27. The first-order valence-corrected chi connectivity index (χ1v) is 10.3. The zero-order valence-corrected chi connectivity index (χ0v) is 17.8. The quantitative estimate of drug-likeness (QED) is 0.387. The SMILES string of the molecule is CNC(=O)c1ccc(Nc2nc(NCC3(N)CCCCC3)[nH]c(=O)c2C(N)=O)cc1C. The number of nitrogens with two attached hydrogens (primary N) is 2.